The Balaban J connectivity index is 1.53. The van der Waals surface area contributed by atoms with Gasteiger partial charge in [0.2, 0.25) is 0 Å². The summed E-state index contributed by atoms with van der Waals surface area (Å²) in [6.45, 7) is 0.133. The van der Waals surface area contributed by atoms with Crippen molar-refractivity contribution in [3.05, 3.63) is 88.6 Å². The Hall–Kier alpha value is -3.87. The van der Waals surface area contributed by atoms with Gasteiger partial charge in [-0.1, -0.05) is 12.1 Å². The Kier molecular flexibility index (Phi) is 4.40. The van der Waals surface area contributed by atoms with E-state index in [0.29, 0.717) is 22.8 Å². The van der Waals surface area contributed by atoms with Crippen molar-refractivity contribution in [2.24, 2.45) is 0 Å². The Morgan fingerprint density at radius 3 is 2.74 bits per heavy atom. The average Bonchev–Trinajstić information content (AvgIpc) is 2.72. The van der Waals surface area contributed by atoms with Crippen LogP contribution in [0.2, 0.25) is 0 Å². The highest BCUT2D eigenvalue weighted by molar-refractivity contribution is 5.97. The number of hydrogen-bond acceptors (Lipinski definition) is 5. The third-order valence-corrected chi connectivity index (χ3v) is 4.00. The van der Waals surface area contributed by atoms with Crippen LogP contribution in [0.3, 0.4) is 0 Å². The summed E-state index contributed by atoms with van der Waals surface area (Å²) in [5, 5.41) is 3.68. The van der Waals surface area contributed by atoms with Gasteiger partial charge < -0.3 is 10.3 Å². The van der Waals surface area contributed by atoms with Gasteiger partial charge in [-0.3, -0.25) is 19.6 Å². The van der Waals surface area contributed by atoms with E-state index in [0.717, 1.165) is 10.9 Å². The van der Waals surface area contributed by atoms with Crippen LogP contribution < -0.4 is 10.9 Å². The lowest BCUT2D eigenvalue weighted by Gasteiger charge is -2.07. The van der Waals surface area contributed by atoms with E-state index in [4.69, 9.17) is 0 Å². The zero-order valence-corrected chi connectivity index (χ0v) is 14.2. The number of pyridine rings is 2. The molecule has 4 rings (SSSR count). The van der Waals surface area contributed by atoms with Crippen molar-refractivity contribution in [3.63, 3.8) is 0 Å². The van der Waals surface area contributed by atoms with Gasteiger partial charge in [-0.05, 0) is 36.4 Å². The summed E-state index contributed by atoms with van der Waals surface area (Å²) in [5.74, 6) is 0.117. The van der Waals surface area contributed by atoms with Crippen molar-refractivity contribution in [2.45, 2.75) is 6.54 Å². The summed E-state index contributed by atoms with van der Waals surface area (Å²) < 4.78 is 0. The highest BCUT2D eigenvalue weighted by atomic mass is 16.1. The number of aromatic nitrogens is 4. The van der Waals surface area contributed by atoms with E-state index in [2.05, 4.69) is 25.3 Å². The van der Waals surface area contributed by atoms with E-state index in [-0.39, 0.29) is 18.0 Å². The molecule has 0 bridgehead atoms. The zero-order valence-electron chi connectivity index (χ0n) is 14.2. The van der Waals surface area contributed by atoms with E-state index in [1.165, 1.54) is 6.07 Å². The van der Waals surface area contributed by atoms with Crippen LogP contribution in [-0.2, 0) is 6.54 Å². The number of aromatic amines is 1. The van der Waals surface area contributed by atoms with Gasteiger partial charge >= 0.3 is 0 Å². The number of hydrogen-bond donors (Lipinski definition) is 2. The SMILES string of the molecule is O=C(NCc1cc(=O)[nH]c(-c2ccccn2)n1)c1ccc2ncccc2c1. The van der Waals surface area contributed by atoms with E-state index in [1.807, 2.05) is 18.2 Å². The van der Waals surface area contributed by atoms with Gasteiger partial charge in [0.1, 0.15) is 5.69 Å². The average molecular weight is 357 g/mol. The van der Waals surface area contributed by atoms with Gasteiger partial charge in [0.25, 0.3) is 11.5 Å². The number of nitrogens with zero attached hydrogens (tertiary/aromatic N) is 3. The largest absolute Gasteiger partial charge is 0.346 e. The fraction of sp³-hybridized carbons (Fsp3) is 0.0500. The maximum atomic E-state index is 12.4. The van der Waals surface area contributed by atoms with E-state index in [1.54, 1.807) is 42.7 Å². The first-order valence-corrected chi connectivity index (χ1v) is 8.34. The molecule has 0 aliphatic rings. The fourth-order valence-corrected chi connectivity index (χ4v) is 2.71. The maximum Gasteiger partial charge on any atom is 0.251 e. The highest BCUT2D eigenvalue weighted by Gasteiger charge is 2.09. The zero-order chi connectivity index (χ0) is 18.6. The molecule has 3 aromatic heterocycles. The standard InChI is InChI=1S/C20H15N5O2/c26-18-11-15(24-19(25-18)17-5-1-2-8-22-17)12-23-20(27)14-6-7-16-13(10-14)4-3-9-21-16/h1-11H,12H2,(H,23,27)(H,24,25,26). The van der Waals surface area contributed by atoms with Crippen LogP contribution in [0.5, 0.6) is 0 Å². The quantitative estimate of drug-likeness (QED) is 0.584. The van der Waals surface area contributed by atoms with Gasteiger partial charge in [-0.15, -0.1) is 0 Å². The number of amides is 1. The number of carbonyl (C=O) groups excluding carboxylic acids is 1. The molecule has 0 atom stereocenters. The van der Waals surface area contributed by atoms with Crippen LogP contribution in [0, 0.1) is 0 Å². The molecule has 7 nitrogen and oxygen atoms in total. The van der Waals surface area contributed by atoms with Gasteiger partial charge in [-0.2, -0.15) is 0 Å². The normalized spacial score (nSPS) is 10.7. The lowest BCUT2D eigenvalue weighted by molar-refractivity contribution is 0.0950. The highest BCUT2D eigenvalue weighted by Crippen LogP contribution is 2.13. The van der Waals surface area contributed by atoms with Crippen molar-refractivity contribution in [2.75, 3.05) is 0 Å². The first kappa shape index (κ1) is 16.6. The molecule has 1 amide bonds. The van der Waals surface area contributed by atoms with Crippen molar-refractivity contribution < 1.29 is 4.79 Å². The Morgan fingerprint density at radius 2 is 1.89 bits per heavy atom. The molecule has 0 fully saturated rings. The Bertz CT molecular complexity index is 1170. The summed E-state index contributed by atoms with van der Waals surface area (Å²) >= 11 is 0. The van der Waals surface area contributed by atoms with E-state index >= 15 is 0 Å². The number of benzene rings is 1. The fourth-order valence-electron chi connectivity index (χ4n) is 2.71. The maximum absolute atomic E-state index is 12.4. The minimum atomic E-state index is -0.299. The molecule has 0 spiro atoms. The topological polar surface area (TPSA) is 101 Å². The van der Waals surface area contributed by atoms with Crippen LogP contribution in [0.25, 0.3) is 22.4 Å². The minimum absolute atomic E-state index is 0.133. The molecule has 27 heavy (non-hydrogen) atoms. The van der Waals surface area contributed by atoms with Crippen molar-refractivity contribution in [1.82, 2.24) is 25.3 Å². The van der Waals surface area contributed by atoms with Gasteiger partial charge in [0.05, 0.1) is 17.8 Å². The van der Waals surface area contributed by atoms with E-state index < -0.39 is 0 Å². The van der Waals surface area contributed by atoms with Crippen molar-refractivity contribution in [3.8, 4) is 11.5 Å². The molecule has 1 aromatic carbocycles. The monoisotopic (exact) mass is 357 g/mol. The van der Waals surface area contributed by atoms with Crippen molar-refractivity contribution in [1.29, 1.82) is 0 Å². The second-order valence-corrected chi connectivity index (χ2v) is 5.89. The smallest absolute Gasteiger partial charge is 0.251 e. The number of carbonyl (C=O) groups is 1. The molecule has 0 saturated heterocycles. The second kappa shape index (κ2) is 7.17. The lowest BCUT2D eigenvalue weighted by Crippen LogP contribution is -2.24. The second-order valence-electron chi connectivity index (χ2n) is 5.89. The molecular formula is C20H15N5O2. The van der Waals surface area contributed by atoms with Crippen molar-refractivity contribution >= 4 is 16.8 Å². The molecule has 0 unspecified atom stereocenters. The third kappa shape index (κ3) is 3.72. The molecule has 0 radical (unpaired) electrons. The molecular weight excluding hydrogens is 342 g/mol. The molecule has 3 heterocycles. The van der Waals surface area contributed by atoms with E-state index in [9.17, 15) is 9.59 Å². The predicted octanol–water partition coefficient (Wildman–Crippen LogP) is 2.31. The third-order valence-electron chi connectivity index (χ3n) is 4.00. The minimum Gasteiger partial charge on any atom is -0.346 e. The predicted molar refractivity (Wildman–Crippen MR) is 101 cm³/mol. The van der Waals surface area contributed by atoms with Crippen LogP contribution >= 0.6 is 0 Å². The summed E-state index contributed by atoms with van der Waals surface area (Å²) in [7, 11) is 0. The van der Waals surface area contributed by atoms with Crippen LogP contribution in [0.4, 0.5) is 0 Å². The molecule has 2 N–H and O–H groups in total. The summed E-state index contributed by atoms with van der Waals surface area (Å²) in [4.78, 5) is 39.8. The number of H-pyrrole nitrogens is 1. The lowest BCUT2D eigenvalue weighted by atomic mass is 10.1. The van der Waals surface area contributed by atoms with Crippen LogP contribution in [-0.4, -0.2) is 25.8 Å². The molecule has 0 aliphatic carbocycles. The molecule has 132 valence electrons. The molecule has 0 aliphatic heterocycles. The van der Waals surface area contributed by atoms with Crippen LogP contribution in [0.15, 0.2) is 71.8 Å². The first-order chi connectivity index (χ1) is 13.2. The van der Waals surface area contributed by atoms with Gasteiger partial charge in [-0.25, -0.2) is 4.98 Å². The van der Waals surface area contributed by atoms with Crippen LogP contribution in [0.1, 0.15) is 16.1 Å². The van der Waals surface area contributed by atoms with Gasteiger partial charge in [0, 0.05) is 29.4 Å². The molecule has 4 aromatic rings. The molecule has 7 heteroatoms. The Morgan fingerprint density at radius 1 is 1.00 bits per heavy atom. The summed E-state index contributed by atoms with van der Waals surface area (Å²) in [5.41, 5.74) is 2.06. The first-order valence-electron chi connectivity index (χ1n) is 8.34. The number of fused-ring (bicyclic) bond motifs is 1. The van der Waals surface area contributed by atoms with Gasteiger partial charge in [0.15, 0.2) is 5.82 Å². The summed E-state index contributed by atoms with van der Waals surface area (Å²) in [6, 6.07) is 15.7. The Labute approximate surface area is 154 Å². The summed E-state index contributed by atoms with van der Waals surface area (Å²) in [6.07, 6.45) is 3.33. The number of nitrogens with one attached hydrogen (secondary N) is 2. The molecule has 0 saturated carbocycles. The number of rotatable bonds is 4.